The third kappa shape index (κ3) is 6.38. The van der Waals surface area contributed by atoms with Gasteiger partial charge in [0.25, 0.3) is 0 Å². The Balaban J connectivity index is 1.18. The molecule has 0 aromatic heterocycles. The lowest BCUT2D eigenvalue weighted by atomic mass is 10.2. The van der Waals surface area contributed by atoms with Crippen LogP contribution in [-0.4, -0.2) is 44.0 Å². The second-order valence-electron chi connectivity index (χ2n) is 7.83. The summed E-state index contributed by atoms with van der Waals surface area (Å²) in [6.45, 7) is 5.78. The summed E-state index contributed by atoms with van der Waals surface area (Å²) in [6.07, 6.45) is 5.84. The Kier molecular flexibility index (Phi) is 7.27. The van der Waals surface area contributed by atoms with Crippen molar-refractivity contribution in [1.82, 2.24) is 4.90 Å². The van der Waals surface area contributed by atoms with Crippen LogP contribution in [0, 0.1) is 0 Å². The summed E-state index contributed by atoms with van der Waals surface area (Å²) in [7, 11) is 0. The van der Waals surface area contributed by atoms with E-state index >= 15 is 0 Å². The van der Waals surface area contributed by atoms with Crippen LogP contribution >= 0.6 is 0 Å². The fourth-order valence-electron chi connectivity index (χ4n) is 3.81. The van der Waals surface area contributed by atoms with Crippen LogP contribution in [0.25, 0.3) is 0 Å². The largest absolute Gasteiger partial charge is 0.492 e. The first-order valence-corrected chi connectivity index (χ1v) is 10.9. The van der Waals surface area contributed by atoms with E-state index < -0.39 is 0 Å². The monoisotopic (exact) mass is 396 g/mol. The fourth-order valence-corrected chi connectivity index (χ4v) is 3.81. The minimum atomic E-state index is -0.0937. The Morgan fingerprint density at radius 2 is 1.66 bits per heavy atom. The fraction of sp³-hybridized carbons (Fsp3) is 0.500. The standard InChI is InChI=1S/C24H32N2O3/c1-4-17-28-24(5-1)29-23-10-6-20(7-11-23)19-25-21-8-12-22(13-9-21)27-18-16-26-14-2-3-15-26/h6-13,24-25H,1-5,14-19H2. The molecule has 156 valence electrons. The maximum atomic E-state index is 5.89. The van der Waals surface area contributed by atoms with Crippen molar-refractivity contribution in [1.29, 1.82) is 0 Å². The Morgan fingerprint density at radius 3 is 2.38 bits per heavy atom. The van der Waals surface area contributed by atoms with Crippen LogP contribution in [0.1, 0.15) is 37.7 Å². The summed E-state index contributed by atoms with van der Waals surface area (Å²) >= 11 is 0. The molecule has 1 unspecified atom stereocenters. The van der Waals surface area contributed by atoms with Crippen LogP contribution in [0.5, 0.6) is 11.5 Å². The molecule has 29 heavy (non-hydrogen) atoms. The zero-order chi connectivity index (χ0) is 19.7. The molecule has 0 saturated carbocycles. The van der Waals surface area contributed by atoms with Gasteiger partial charge in [0.15, 0.2) is 6.29 Å². The molecule has 2 saturated heterocycles. The van der Waals surface area contributed by atoms with E-state index in [1.807, 2.05) is 24.3 Å². The molecule has 5 heteroatoms. The van der Waals surface area contributed by atoms with Gasteiger partial charge in [-0.05, 0) is 80.7 Å². The van der Waals surface area contributed by atoms with Crippen molar-refractivity contribution in [2.24, 2.45) is 0 Å². The van der Waals surface area contributed by atoms with E-state index in [2.05, 4.69) is 34.5 Å². The van der Waals surface area contributed by atoms with E-state index in [4.69, 9.17) is 14.2 Å². The maximum Gasteiger partial charge on any atom is 0.199 e. The molecule has 0 radical (unpaired) electrons. The van der Waals surface area contributed by atoms with Crippen LogP contribution in [0.4, 0.5) is 5.69 Å². The first-order valence-electron chi connectivity index (χ1n) is 10.9. The number of benzene rings is 2. The molecular weight excluding hydrogens is 364 g/mol. The second-order valence-corrected chi connectivity index (χ2v) is 7.83. The van der Waals surface area contributed by atoms with E-state index in [-0.39, 0.29) is 6.29 Å². The predicted molar refractivity (Wildman–Crippen MR) is 116 cm³/mol. The third-order valence-corrected chi connectivity index (χ3v) is 5.55. The van der Waals surface area contributed by atoms with E-state index in [1.54, 1.807) is 0 Å². The molecule has 1 atom stereocenters. The number of rotatable bonds is 9. The Bertz CT molecular complexity index is 721. The van der Waals surface area contributed by atoms with Gasteiger partial charge in [-0.2, -0.15) is 0 Å². The summed E-state index contributed by atoms with van der Waals surface area (Å²) in [5.41, 5.74) is 2.31. The van der Waals surface area contributed by atoms with Gasteiger partial charge in [-0.3, -0.25) is 4.90 Å². The van der Waals surface area contributed by atoms with Crippen molar-refractivity contribution in [3.8, 4) is 11.5 Å². The molecule has 5 nitrogen and oxygen atoms in total. The lowest BCUT2D eigenvalue weighted by Crippen LogP contribution is -2.25. The van der Waals surface area contributed by atoms with E-state index in [0.29, 0.717) is 0 Å². The van der Waals surface area contributed by atoms with Crippen molar-refractivity contribution >= 4 is 5.69 Å². The summed E-state index contributed by atoms with van der Waals surface area (Å²) in [6, 6.07) is 16.5. The minimum absolute atomic E-state index is 0.0937. The lowest BCUT2D eigenvalue weighted by molar-refractivity contribution is -0.105. The number of nitrogens with zero attached hydrogens (tertiary/aromatic N) is 1. The summed E-state index contributed by atoms with van der Waals surface area (Å²) < 4.78 is 17.4. The molecule has 4 rings (SSSR count). The lowest BCUT2D eigenvalue weighted by Gasteiger charge is -2.23. The van der Waals surface area contributed by atoms with Crippen LogP contribution in [0.3, 0.4) is 0 Å². The highest BCUT2D eigenvalue weighted by atomic mass is 16.7. The zero-order valence-electron chi connectivity index (χ0n) is 17.1. The van der Waals surface area contributed by atoms with E-state index in [0.717, 1.165) is 56.3 Å². The summed E-state index contributed by atoms with van der Waals surface area (Å²) in [5.74, 6) is 1.80. The topological polar surface area (TPSA) is 43.0 Å². The van der Waals surface area contributed by atoms with Crippen LogP contribution in [-0.2, 0) is 11.3 Å². The Hall–Kier alpha value is -2.24. The smallest absolute Gasteiger partial charge is 0.199 e. The van der Waals surface area contributed by atoms with Gasteiger partial charge in [0.2, 0.25) is 0 Å². The highest BCUT2D eigenvalue weighted by Crippen LogP contribution is 2.21. The van der Waals surface area contributed by atoms with Crippen LogP contribution < -0.4 is 14.8 Å². The molecule has 2 aliphatic rings. The normalized spacial score (nSPS) is 19.8. The quantitative estimate of drug-likeness (QED) is 0.667. The number of ether oxygens (including phenoxy) is 3. The molecular formula is C24H32N2O3. The van der Waals surface area contributed by atoms with Gasteiger partial charge in [0.1, 0.15) is 18.1 Å². The highest BCUT2D eigenvalue weighted by Gasteiger charge is 2.15. The molecule has 2 aromatic carbocycles. The van der Waals surface area contributed by atoms with Crippen LogP contribution in [0.2, 0.25) is 0 Å². The molecule has 0 bridgehead atoms. The third-order valence-electron chi connectivity index (χ3n) is 5.55. The molecule has 2 fully saturated rings. The predicted octanol–water partition coefficient (Wildman–Crippen LogP) is 4.68. The SMILES string of the molecule is c1cc(OC2CCCCO2)ccc1CNc1ccc(OCCN2CCCC2)cc1. The van der Waals surface area contributed by atoms with Crippen molar-refractivity contribution in [2.75, 3.05) is 38.2 Å². The number of hydrogen-bond donors (Lipinski definition) is 1. The number of likely N-dealkylation sites (tertiary alicyclic amines) is 1. The maximum absolute atomic E-state index is 5.89. The molecule has 0 aliphatic carbocycles. The van der Waals surface area contributed by atoms with Crippen molar-refractivity contribution in [3.05, 3.63) is 54.1 Å². The molecule has 0 amide bonds. The van der Waals surface area contributed by atoms with Crippen molar-refractivity contribution < 1.29 is 14.2 Å². The average Bonchev–Trinajstić information content (AvgIpc) is 3.29. The van der Waals surface area contributed by atoms with Crippen molar-refractivity contribution in [3.63, 3.8) is 0 Å². The van der Waals surface area contributed by atoms with Gasteiger partial charge in [0, 0.05) is 25.2 Å². The Morgan fingerprint density at radius 1 is 0.897 bits per heavy atom. The summed E-state index contributed by atoms with van der Waals surface area (Å²) in [4.78, 5) is 2.47. The molecule has 0 spiro atoms. The first-order chi connectivity index (χ1) is 14.3. The number of anilines is 1. The van der Waals surface area contributed by atoms with Crippen LogP contribution in [0.15, 0.2) is 48.5 Å². The van der Waals surface area contributed by atoms with Gasteiger partial charge in [0.05, 0.1) is 6.61 Å². The highest BCUT2D eigenvalue weighted by molar-refractivity contribution is 5.47. The van der Waals surface area contributed by atoms with Gasteiger partial charge >= 0.3 is 0 Å². The molecule has 2 aromatic rings. The number of nitrogens with one attached hydrogen (secondary N) is 1. The molecule has 2 aliphatic heterocycles. The first kappa shape index (κ1) is 20.0. The average molecular weight is 397 g/mol. The van der Waals surface area contributed by atoms with Gasteiger partial charge in [-0.1, -0.05) is 12.1 Å². The molecule has 1 N–H and O–H groups in total. The Labute approximate surface area is 174 Å². The van der Waals surface area contributed by atoms with Gasteiger partial charge < -0.3 is 19.5 Å². The van der Waals surface area contributed by atoms with Gasteiger partial charge in [-0.15, -0.1) is 0 Å². The van der Waals surface area contributed by atoms with Gasteiger partial charge in [-0.25, -0.2) is 0 Å². The molecule has 2 heterocycles. The summed E-state index contributed by atoms with van der Waals surface area (Å²) in [5, 5.41) is 3.46. The number of hydrogen-bond acceptors (Lipinski definition) is 5. The van der Waals surface area contributed by atoms with E-state index in [9.17, 15) is 0 Å². The van der Waals surface area contributed by atoms with E-state index in [1.165, 1.54) is 37.9 Å². The minimum Gasteiger partial charge on any atom is -0.492 e. The van der Waals surface area contributed by atoms with Crippen molar-refractivity contribution in [2.45, 2.75) is 44.9 Å². The zero-order valence-corrected chi connectivity index (χ0v) is 17.1. The second kappa shape index (κ2) is 10.5.